The Hall–Kier alpha value is -1.58. The highest BCUT2D eigenvalue weighted by molar-refractivity contribution is 6.31. The lowest BCUT2D eigenvalue weighted by molar-refractivity contribution is 0.399. The van der Waals surface area contributed by atoms with E-state index in [4.69, 9.17) is 16.3 Å². The van der Waals surface area contributed by atoms with E-state index in [2.05, 4.69) is 5.32 Å². The van der Waals surface area contributed by atoms with E-state index in [1.807, 2.05) is 31.2 Å². The van der Waals surface area contributed by atoms with E-state index in [1.165, 1.54) is 12.1 Å². The predicted octanol–water partition coefficient (Wildman–Crippen LogP) is 4.38. The Labute approximate surface area is 129 Å². The van der Waals surface area contributed by atoms with E-state index in [9.17, 15) is 4.39 Å². The molecule has 0 bridgehead atoms. The minimum atomic E-state index is -0.273. The first-order chi connectivity index (χ1) is 10.2. The molecule has 1 N–H and O–H groups in total. The molecule has 112 valence electrons. The van der Waals surface area contributed by atoms with Crippen molar-refractivity contribution in [3.8, 4) is 5.75 Å². The van der Waals surface area contributed by atoms with Crippen LogP contribution in [0.25, 0.3) is 0 Å². The highest BCUT2D eigenvalue weighted by Gasteiger charge is 2.17. The second-order valence-corrected chi connectivity index (χ2v) is 5.20. The van der Waals surface area contributed by atoms with E-state index < -0.39 is 0 Å². The minimum absolute atomic E-state index is 0.0189. The Bertz CT molecular complexity index is 603. The minimum Gasteiger partial charge on any atom is -0.496 e. The van der Waals surface area contributed by atoms with Gasteiger partial charge in [0.1, 0.15) is 11.6 Å². The van der Waals surface area contributed by atoms with Crippen molar-refractivity contribution in [2.24, 2.45) is 0 Å². The molecule has 0 amide bonds. The van der Waals surface area contributed by atoms with Crippen LogP contribution in [0.4, 0.5) is 4.39 Å². The molecule has 0 saturated heterocycles. The van der Waals surface area contributed by atoms with Gasteiger partial charge in [0.05, 0.1) is 7.11 Å². The van der Waals surface area contributed by atoms with E-state index in [0.29, 0.717) is 11.4 Å². The fourth-order valence-electron chi connectivity index (χ4n) is 2.41. The lowest BCUT2D eigenvalue weighted by Crippen LogP contribution is -2.23. The van der Waals surface area contributed by atoms with Gasteiger partial charge in [-0.2, -0.15) is 0 Å². The number of nitrogens with one attached hydrogen (secondary N) is 1. The Morgan fingerprint density at radius 1 is 1.24 bits per heavy atom. The Kier molecular flexibility index (Phi) is 5.59. The molecule has 0 saturated carbocycles. The van der Waals surface area contributed by atoms with Gasteiger partial charge in [0.15, 0.2) is 0 Å². The fourth-order valence-corrected chi connectivity index (χ4v) is 2.61. The second-order valence-electron chi connectivity index (χ2n) is 4.79. The smallest absolute Gasteiger partial charge is 0.123 e. The normalized spacial score (nSPS) is 12.2. The molecule has 2 aromatic rings. The molecular weight excluding hydrogens is 289 g/mol. The summed E-state index contributed by atoms with van der Waals surface area (Å²) in [7, 11) is 1.65. The van der Waals surface area contributed by atoms with Crippen LogP contribution in [0.15, 0.2) is 42.5 Å². The molecule has 0 aromatic heterocycles. The lowest BCUT2D eigenvalue weighted by Gasteiger charge is -2.21. The number of hydrogen-bond acceptors (Lipinski definition) is 2. The molecule has 1 unspecified atom stereocenters. The van der Waals surface area contributed by atoms with Crippen LogP contribution in [-0.2, 0) is 6.42 Å². The molecule has 0 aliphatic heterocycles. The molecule has 21 heavy (non-hydrogen) atoms. The molecule has 4 heteroatoms. The van der Waals surface area contributed by atoms with Gasteiger partial charge in [-0.15, -0.1) is 0 Å². The first-order valence-electron chi connectivity index (χ1n) is 6.96. The molecule has 2 nitrogen and oxygen atoms in total. The number of methoxy groups -OCH3 is 1. The van der Waals surface area contributed by atoms with Gasteiger partial charge in [-0.1, -0.05) is 36.7 Å². The monoisotopic (exact) mass is 307 g/mol. The summed E-state index contributed by atoms with van der Waals surface area (Å²) in [6, 6.07) is 12.3. The summed E-state index contributed by atoms with van der Waals surface area (Å²) in [5, 5.41) is 3.99. The van der Waals surface area contributed by atoms with Gasteiger partial charge in [0.2, 0.25) is 0 Å². The third kappa shape index (κ3) is 3.96. The standard InChI is InChI=1S/C17H19ClFNO/c1-3-20-16(14-6-4-5-7-17(14)21-2)11-12-10-13(19)8-9-15(12)18/h4-10,16,20H,3,11H2,1-2H3. The first-order valence-corrected chi connectivity index (χ1v) is 7.33. The number of halogens is 2. The molecule has 2 aromatic carbocycles. The van der Waals surface area contributed by atoms with Crippen molar-refractivity contribution in [3.05, 3.63) is 64.4 Å². The molecule has 0 radical (unpaired) electrons. The fraction of sp³-hybridized carbons (Fsp3) is 0.294. The molecular formula is C17H19ClFNO. The van der Waals surface area contributed by atoms with Crippen LogP contribution in [0.1, 0.15) is 24.1 Å². The molecule has 2 rings (SSSR count). The van der Waals surface area contributed by atoms with Gasteiger partial charge >= 0.3 is 0 Å². The average molecular weight is 308 g/mol. The number of ether oxygens (including phenoxy) is 1. The summed E-state index contributed by atoms with van der Waals surface area (Å²) in [5.74, 6) is 0.542. The maximum Gasteiger partial charge on any atom is 0.123 e. The van der Waals surface area contributed by atoms with Gasteiger partial charge in [-0.05, 0) is 42.8 Å². The Morgan fingerprint density at radius 3 is 2.71 bits per heavy atom. The molecule has 1 atom stereocenters. The van der Waals surface area contributed by atoms with Crippen molar-refractivity contribution in [1.29, 1.82) is 0 Å². The highest BCUT2D eigenvalue weighted by Crippen LogP contribution is 2.29. The van der Waals surface area contributed by atoms with Crippen LogP contribution in [-0.4, -0.2) is 13.7 Å². The summed E-state index contributed by atoms with van der Waals surface area (Å²) < 4.78 is 18.8. The van der Waals surface area contributed by atoms with Crippen LogP contribution in [0.2, 0.25) is 5.02 Å². The number of hydrogen-bond donors (Lipinski definition) is 1. The van der Waals surface area contributed by atoms with Crippen molar-refractivity contribution < 1.29 is 9.13 Å². The van der Waals surface area contributed by atoms with Crippen molar-refractivity contribution in [2.75, 3.05) is 13.7 Å². The van der Waals surface area contributed by atoms with E-state index in [-0.39, 0.29) is 11.9 Å². The summed E-state index contributed by atoms with van der Waals surface area (Å²) in [4.78, 5) is 0. The number of benzene rings is 2. The maximum atomic E-state index is 13.4. The number of rotatable bonds is 6. The quantitative estimate of drug-likeness (QED) is 0.855. The molecule has 0 spiro atoms. The van der Waals surface area contributed by atoms with E-state index >= 15 is 0 Å². The van der Waals surface area contributed by atoms with Gasteiger partial charge in [-0.3, -0.25) is 0 Å². The summed E-state index contributed by atoms with van der Waals surface area (Å²) in [5.41, 5.74) is 1.83. The van der Waals surface area contributed by atoms with E-state index in [0.717, 1.165) is 23.4 Å². The summed E-state index contributed by atoms with van der Waals surface area (Å²) >= 11 is 6.18. The largest absolute Gasteiger partial charge is 0.496 e. The zero-order chi connectivity index (χ0) is 15.2. The van der Waals surface area contributed by atoms with Crippen molar-refractivity contribution >= 4 is 11.6 Å². The SMILES string of the molecule is CCNC(Cc1cc(F)ccc1Cl)c1ccccc1OC. The number of para-hydroxylation sites is 1. The van der Waals surface area contributed by atoms with Gasteiger partial charge in [-0.25, -0.2) is 4.39 Å². The topological polar surface area (TPSA) is 21.3 Å². The van der Waals surface area contributed by atoms with Crippen LogP contribution in [0.5, 0.6) is 5.75 Å². The third-order valence-electron chi connectivity index (χ3n) is 3.40. The summed E-state index contributed by atoms with van der Waals surface area (Å²) in [6.07, 6.45) is 0.602. The molecule has 0 fully saturated rings. The zero-order valence-corrected chi connectivity index (χ0v) is 13.0. The lowest BCUT2D eigenvalue weighted by atomic mass is 9.97. The van der Waals surface area contributed by atoms with Gasteiger partial charge in [0, 0.05) is 16.6 Å². The van der Waals surface area contributed by atoms with E-state index in [1.54, 1.807) is 13.2 Å². The molecule has 0 aliphatic carbocycles. The van der Waals surface area contributed by atoms with Gasteiger partial charge < -0.3 is 10.1 Å². The van der Waals surface area contributed by atoms with Crippen LogP contribution >= 0.6 is 11.6 Å². The third-order valence-corrected chi connectivity index (χ3v) is 3.77. The second kappa shape index (κ2) is 7.43. The molecule has 0 heterocycles. The number of likely N-dealkylation sites (N-methyl/N-ethyl adjacent to an activating group) is 1. The van der Waals surface area contributed by atoms with Crippen molar-refractivity contribution in [3.63, 3.8) is 0 Å². The molecule has 0 aliphatic rings. The zero-order valence-electron chi connectivity index (χ0n) is 12.2. The summed E-state index contributed by atoms with van der Waals surface area (Å²) in [6.45, 7) is 2.84. The first kappa shape index (κ1) is 15.8. The van der Waals surface area contributed by atoms with Crippen LogP contribution < -0.4 is 10.1 Å². The average Bonchev–Trinajstić information content (AvgIpc) is 2.50. The Balaban J connectivity index is 2.33. The van der Waals surface area contributed by atoms with Gasteiger partial charge in [0.25, 0.3) is 0 Å². The highest BCUT2D eigenvalue weighted by atomic mass is 35.5. The predicted molar refractivity (Wildman–Crippen MR) is 84.5 cm³/mol. The van der Waals surface area contributed by atoms with Crippen molar-refractivity contribution in [2.45, 2.75) is 19.4 Å². The van der Waals surface area contributed by atoms with Crippen molar-refractivity contribution in [1.82, 2.24) is 5.32 Å². The van der Waals surface area contributed by atoms with Crippen LogP contribution in [0.3, 0.4) is 0 Å². The maximum absolute atomic E-state index is 13.4. The Morgan fingerprint density at radius 2 is 2.00 bits per heavy atom. The van der Waals surface area contributed by atoms with Crippen LogP contribution in [0, 0.1) is 5.82 Å².